The quantitative estimate of drug-likeness (QED) is 0.674. The van der Waals surface area contributed by atoms with Gasteiger partial charge in [-0.05, 0) is 68.1 Å². The zero-order valence-corrected chi connectivity index (χ0v) is 18.2. The van der Waals surface area contributed by atoms with Crippen LogP contribution in [0.1, 0.15) is 30.9 Å². The first-order valence-electron chi connectivity index (χ1n) is 10.00. The molecule has 7 heteroatoms. The van der Waals surface area contributed by atoms with Crippen LogP contribution in [0.15, 0.2) is 59.6 Å². The summed E-state index contributed by atoms with van der Waals surface area (Å²) in [6.07, 6.45) is 2.94. The molecule has 2 atom stereocenters. The minimum atomic E-state index is -3.83. The normalized spacial score (nSPS) is 19.7. The number of hydrogen-bond acceptors (Lipinski definition) is 5. The highest BCUT2D eigenvalue weighted by Crippen LogP contribution is 2.39. The number of pyridine rings is 1. The van der Waals surface area contributed by atoms with Crippen molar-refractivity contribution < 1.29 is 18.3 Å². The number of aryl methyl sites for hydroxylation is 1. The molecule has 1 fully saturated rings. The number of aromatic nitrogens is 1. The van der Waals surface area contributed by atoms with Crippen molar-refractivity contribution in [3.8, 4) is 5.75 Å². The molecule has 1 saturated heterocycles. The smallest absolute Gasteiger partial charge is 0.244 e. The molecule has 0 unspecified atom stereocenters. The third-order valence-corrected chi connectivity index (χ3v) is 8.01. The summed E-state index contributed by atoms with van der Waals surface area (Å²) in [4.78, 5) is 4.60. The van der Waals surface area contributed by atoms with Gasteiger partial charge in [0, 0.05) is 18.1 Å². The fourth-order valence-corrected chi connectivity index (χ4v) is 6.30. The van der Waals surface area contributed by atoms with E-state index >= 15 is 0 Å². The van der Waals surface area contributed by atoms with Crippen LogP contribution in [0.5, 0.6) is 5.75 Å². The molecule has 0 spiro atoms. The number of fused-ring (bicyclic) bond motifs is 1. The molecule has 1 aliphatic rings. The highest BCUT2D eigenvalue weighted by molar-refractivity contribution is 7.89. The van der Waals surface area contributed by atoms with E-state index in [0.717, 1.165) is 5.56 Å². The van der Waals surface area contributed by atoms with Crippen LogP contribution in [0.4, 0.5) is 0 Å². The molecule has 4 rings (SSSR count). The van der Waals surface area contributed by atoms with Crippen molar-refractivity contribution in [3.05, 3.63) is 65.9 Å². The summed E-state index contributed by atoms with van der Waals surface area (Å²) < 4.78 is 34.1. The Balaban J connectivity index is 1.77. The number of sulfonamides is 1. The van der Waals surface area contributed by atoms with Gasteiger partial charge in [-0.2, -0.15) is 4.31 Å². The molecule has 158 valence electrons. The molecule has 6 nitrogen and oxygen atoms in total. The Hall–Kier alpha value is -2.48. The van der Waals surface area contributed by atoms with E-state index in [1.165, 1.54) is 4.31 Å². The SMILES string of the molecule is COc1ccc([C@](C)(O)[C@H]2CCCN2S(=O)(=O)c2ccc(C)c3ncccc23)cc1. The summed E-state index contributed by atoms with van der Waals surface area (Å²) in [6.45, 7) is 3.97. The standard InChI is InChI=1S/C23H26N2O4S/c1-16-8-13-20(19-6-4-14-24-22(16)19)30(27,28)25-15-5-7-21(25)23(2,26)17-9-11-18(29-3)12-10-17/h4,6,8-14,21,26H,5,7,15H2,1-3H3/t21-,23+/m1/s1. The number of aliphatic hydroxyl groups is 1. The van der Waals surface area contributed by atoms with E-state index in [2.05, 4.69) is 4.98 Å². The van der Waals surface area contributed by atoms with Crippen LogP contribution in [0, 0.1) is 6.92 Å². The molecule has 0 aliphatic carbocycles. The van der Waals surface area contributed by atoms with Crippen molar-refractivity contribution in [2.45, 2.75) is 43.2 Å². The maximum atomic E-state index is 13.7. The minimum Gasteiger partial charge on any atom is -0.497 e. The van der Waals surface area contributed by atoms with Crippen LogP contribution in [-0.2, 0) is 15.6 Å². The van der Waals surface area contributed by atoms with Crippen LogP contribution in [0.2, 0.25) is 0 Å². The van der Waals surface area contributed by atoms with Crippen molar-refractivity contribution in [3.63, 3.8) is 0 Å². The predicted molar refractivity (Wildman–Crippen MR) is 116 cm³/mol. The van der Waals surface area contributed by atoms with E-state index in [9.17, 15) is 13.5 Å². The molecule has 1 N–H and O–H groups in total. The lowest BCUT2D eigenvalue weighted by molar-refractivity contribution is -0.000678. The molecular formula is C23H26N2O4S. The molecule has 3 aromatic rings. The van der Waals surface area contributed by atoms with Crippen molar-refractivity contribution in [2.24, 2.45) is 0 Å². The highest BCUT2D eigenvalue weighted by Gasteiger charge is 2.46. The number of nitrogens with zero attached hydrogens (tertiary/aromatic N) is 2. The van der Waals surface area contributed by atoms with E-state index in [-0.39, 0.29) is 4.90 Å². The number of rotatable bonds is 5. The molecule has 0 radical (unpaired) electrons. The van der Waals surface area contributed by atoms with Gasteiger partial charge in [-0.1, -0.05) is 18.2 Å². The van der Waals surface area contributed by atoms with Gasteiger partial charge in [0.1, 0.15) is 11.4 Å². The Morgan fingerprint density at radius 3 is 2.60 bits per heavy atom. The van der Waals surface area contributed by atoms with Crippen LogP contribution in [0.3, 0.4) is 0 Å². The molecular weight excluding hydrogens is 400 g/mol. The molecule has 0 bridgehead atoms. The van der Waals surface area contributed by atoms with Gasteiger partial charge in [-0.15, -0.1) is 0 Å². The molecule has 2 aromatic carbocycles. The van der Waals surface area contributed by atoms with Gasteiger partial charge < -0.3 is 9.84 Å². The lowest BCUT2D eigenvalue weighted by atomic mass is 9.87. The Morgan fingerprint density at radius 1 is 1.17 bits per heavy atom. The molecule has 1 aromatic heterocycles. The molecule has 30 heavy (non-hydrogen) atoms. The van der Waals surface area contributed by atoms with Gasteiger partial charge >= 0.3 is 0 Å². The van der Waals surface area contributed by atoms with Gasteiger partial charge in [-0.25, -0.2) is 8.42 Å². The summed E-state index contributed by atoms with van der Waals surface area (Å²) in [6, 6.07) is 13.5. The molecule has 0 saturated carbocycles. The van der Waals surface area contributed by atoms with Gasteiger partial charge in [0.05, 0.1) is 23.6 Å². The second-order valence-electron chi connectivity index (χ2n) is 7.93. The summed E-state index contributed by atoms with van der Waals surface area (Å²) in [5.41, 5.74) is 0.920. The lowest BCUT2D eigenvalue weighted by Crippen LogP contribution is -2.48. The first-order valence-corrected chi connectivity index (χ1v) is 11.4. The fourth-order valence-electron chi connectivity index (χ4n) is 4.35. The number of benzene rings is 2. The fraction of sp³-hybridized carbons (Fsp3) is 0.348. The van der Waals surface area contributed by atoms with Gasteiger partial charge in [0.15, 0.2) is 0 Å². The maximum Gasteiger partial charge on any atom is 0.244 e. The van der Waals surface area contributed by atoms with Crippen LogP contribution >= 0.6 is 0 Å². The van der Waals surface area contributed by atoms with Crippen molar-refractivity contribution in [2.75, 3.05) is 13.7 Å². The first-order chi connectivity index (χ1) is 14.3. The van der Waals surface area contributed by atoms with Crippen LogP contribution in [-0.4, -0.2) is 42.5 Å². The lowest BCUT2D eigenvalue weighted by Gasteiger charge is -2.36. The zero-order valence-electron chi connectivity index (χ0n) is 17.4. The average molecular weight is 427 g/mol. The predicted octanol–water partition coefficient (Wildman–Crippen LogP) is 3.61. The molecule has 2 heterocycles. The van der Waals surface area contributed by atoms with Crippen molar-refractivity contribution in [1.29, 1.82) is 0 Å². The second-order valence-corrected chi connectivity index (χ2v) is 9.79. The third-order valence-electron chi connectivity index (χ3n) is 6.05. The Bertz CT molecular complexity index is 1170. The Kier molecular flexibility index (Phi) is 5.30. The number of hydrogen-bond donors (Lipinski definition) is 1. The van der Waals surface area contributed by atoms with Gasteiger partial charge in [-0.3, -0.25) is 4.98 Å². The summed E-state index contributed by atoms with van der Waals surface area (Å²) in [5.74, 6) is 0.684. The minimum absolute atomic E-state index is 0.230. The zero-order chi connectivity index (χ0) is 21.5. The first kappa shape index (κ1) is 20.8. The summed E-state index contributed by atoms with van der Waals surface area (Å²) >= 11 is 0. The maximum absolute atomic E-state index is 13.7. The Labute approximate surface area is 177 Å². The molecule has 0 amide bonds. The number of ether oxygens (including phenoxy) is 1. The highest BCUT2D eigenvalue weighted by atomic mass is 32.2. The largest absolute Gasteiger partial charge is 0.497 e. The summed E-state index contributed by atoms with van der Waals surface area (Å²) in [7, 11) is -2.24. The van der Waals surface area contributed by atoms with E-state index in [4.69, 9.17) is 4.74 Å². The van der Waals surface area contributed by atoms with E-state index < -0.39 is 21.7 Å². The third kappa shape index (κ3) is 3.37. The second kappa shape index (κ2) is 7.65. The van der Waals surface area contributed by atoms with E-state index in [1.807, 2.05) is 6.92 Å². The van der Waals surface area contributed by atoms with Crippen molar-refractivity contribution in [1.82, 2.24) is 9.29 Å². The van der Waals surface area contributed by atoms with E-state index in [0.29, 0.717) is 41.6 Å². The van der Waals surface area contributed by atoms with Gasteiger partial charge in [0.25, 0.3) is 0 Å². The Morgan fingerprint density at radius 2 is 1.90 bits per heavy atom. The van der Waals surface area contributed by atoms with E-state index in [1.54, 1.807) is 68.8 Å². The topological polar surface area (TPSA) is 79.7 Å². The van der Waals surface area contributed by atoms with Crippen LogP contribution < -0.4 is 4.74 Å². The molecule has 1 aliphatic heterocycles. The van der Waals surface area contributed by atoms with Crippen LogP contribution in [0.25, 0.3) is 10.9 Å². The summed E-state index contributed by atoms with van der Waals surface area (Å²) in [5, 5.41) is 12.0. The average Bonchev–Trinajstić information content (AvgIpc) is 3.26. The number of methoxy groups -OCH3 is 1. The van der Waals surface area contributed by atoms with Gasteiger partial charge in [0.2, 0.25) is 10.0 Å². The van der Waals surface area contributed by atoms with Crippen molar-refractivity contribution >= 4 is 20.9 Å². The monoisotopic (exact) mass is 426 g/mol.